The van der Waals surface area contributed by atoms with Gasteiger partial charge in [-0.2, -0.15) is 0 Å². The van der Waals surface area contributed by atoms with E-state index in [0.29, 0.717) is 28.5 Å². The van der Waals surface area contributed by atoms with Gasteiger partial charge in [0, 0.05) is 25.2 Å². The van der Waals surface area contributed by atoms with Crippen LogP contribution in [0.2, 0.25) is 0 Å². The molecule has 0 aliphatic rings. The van der Waals surface area contributed by atoms with Gasteiger partial charge in [-0.1, -0.05) is 24.3 Å². The molecule has 0 aliphatic carbocycles. The number of benzene rings is 2. The third-order valence-corrected chi connectivity index (χ3v) is 11.8. The minimum absolute atomic E-state index is 0.206. The van der Waals surface area contributed by atoms with Crippen molar-refractivity contribution in [1.29, 1.82) is 0 Å². The summed E-state index contributed by atoms with van der Waals surface area (Å²) in [5, 5.41) is 22.6. The first-order chi connectivity index (χ1) is 18.8. The van der Waals surface area contributed by atoms with Gasteiger partial charge in [-0.05, 0) is 67.3 Å². The molecule has 4 rings (SSSR count). The molecule has 0 unspecified atom stereocenters. The predicted molar refractivity (Wildman–Crippen MR) is 157 cm³/mol. The fourth-order valence-corrected chi connectivity index (χ4v) is 9.50. The molecule has 0 radical (unpaired) electrons. The molecule has 12 nitrogen and oxygen atoms in total. The first-order valence-corrected chi connectivity index (χ1v) is 17.0. The summed E-state index contributed by atoms with van der Waals surface area (Å²) in [7, 11) is -8.51. The Hall–Kier alpha value is -2.58. The number of rotatable bonds is 11. The lowest BCUT2D eigenvalue weighted by Crippen LogP contribution is -2.24. The minimum Gasteiger partial charge on any atom is -0.258 e. The topological polar surface area (TPSA) is 179 Å². The molecule has 210 valence electrons. The summed E-state index contributed by atoms with van der Waals surface area (Å²) in [5.74, 6) is 0. The van der Waals surface area contributed by atoms with Crippen molar-refractivity contribution in [2.75, 3.05) is 0 Å². The third kappa shape index (κ3) is 6.65. The van der Waals surface area contributed by atoms with E-state index in [-0.39, 0.29) is 13.1 Å². The SMILES string of the molecule is O=[N+]([O-])c1ccccc1S(=O)(=O)NCc1cc(Br)sc1-c1sc(Br)cc1CNS(=O)(=O)c1ccccc1[N+](=O)[O-]. The average Bonchev–Trinajstić information content (AvgIpc) is 3.47. The first kappa shape index (κ1) is 30.4. The number of thiophene rings is 2. The van der Waals surface area contributed by atoms with Crippen molar-refractivity contribution in [3.05, 3.63) is 99.6 Å². The van der Waals surface area contributed by atoms with Crippen LogP contribution in [0.25, 0.3) is 9.75 Å². The third-order valence-electron chi connectivity index (χ3n) is 5.37. The molecule has 4 aromatic rings. The van der Waals surface area contributed by atoms with E-state index >= 15 is 0 Å². The lowest BCUT2D eigenvalue weighted by molar-refractivity contribution is -0.388. The molecule has 0 amide bonds. The summed E-state index contributed by atoms with van der Waals surface area (Å²) in [6.07, 6.45) is 0. The Balaban J connectivity index is 1.61. The van der Waals surface area contributed by atoms with Crippen molar-refractivity contribution >= 4 is 86.0 Å². The Morgan fingerprint density at radius 3 is 1.38 bits per heavy atom. The highest BCUT2D eigenvalue weighted by molar-refractivity contribution is 9.11. The standard InChI is InChI=1S/C22H16Br2N4O8S4/c23-19-9-13(11-25-39(33,34)17-7-3-1-5-15(17)27(29)30)21(37-19)22-14(10-20(24)38-22)12-26-40(35,36)18-8-4-2-6-16(18)28(31)32/h1-10,25-26H,11-12H2. The van der Waals surface area contributed by atoms with Crippen molar-refractivity contribution < 1.29 is 26.7 Å². The minimum atomic E-state index is -4.25. The van der Waals surface area contributed by atoms with E-state index in [1.807, 2.05) is 0 Å². The van der Waals surface area contributed by atoms with Gasteiger partial charge >= 0.3 is 0 Å². The molecular weight excluding hydrogens is 736 g/mol. The van der Waals surface area contributed by atoms with E-state index in [9.17, 15) is 37.1 Å². The van der Waals surface area contributed by atoms with Gasteiger partial charge in [0.15, 0.2) is 9.79 Å². The molecule has 0 atom stereocenters. The van der Waals surface area contributed by atoms with Gasteiger partial charge in [0.2, 0.25) is 20.0 Å². The highest BCUT2D eigenvalue weighted by Gasteiger charge is 2.28. The van der Waals surface area contributed by atoms with Crippen LogP contribution in [-0.2, 0) is 33.1 Å². The quantitative estimate of drug-likeness (QED) is 0.143. The van der Waals surface area contributed by atoms with Crippen molar-refractivity contribution in [3.63, 3.8) is 0 Å². The summed E-state index contributed by atoms with van der Waals surface area (Å²) in [6, 6.07) is 13.4. The fourth-order valence-electron chi connectivity index (χ4n) is 3.61. The van der Waals surface area contributed by atoms with Gasteiger partial charge < -0.3 is 0 Å². The van der Waals surface area contributed by atoms with Crippen molar-refractivity contribution in [1.82, 2.24) is 9.44 Å². The van der Waals surface area contributed by atoms with Crippen LogP contribution in [0.15, 0.2) is 78.0 Å². The molecular formula is C22H16Br2N4O8S4. The summed E-state index contributed by atoms with van der Waals surface area (Å²) in [4.78, 5) is 21.4. The highest BCUT2D eigenvalue weighted by atomic mass is 79.9. The van der Waals surface area contributed by atoms with E-state index in [1.54, 1.807) is 12.1 Å². The van der Waals surface area contributed by atoms with E-state index in [4.69, 9.17) is 0 Å². The van der Waals surface area contributed by atoms with Crippen LogP contribution in [0, 0.1) is 20.2 Å². The zero-order chi connectivity index (χ0) is 29.2. The summed E-state index contributed by atoms with van der Waals surface area (Å²) in [6.45, 7) is -0.411. The first-order valence-electron chi connectivity index (χ1n) is 10.8. The fraction of sp³-hybridized carbons (Fsp3) is 0.0909. The lowest BCUT2D eigenvalue weighted by atomic mass is 10.2. The molecule has 2 aromatic heterocycles. The van der Waals surface area contributed by atoms with Crippen LogP contribution in [0.1, 0.15) is 11.1 Å². The Kier molecular flexibility index (Phi) is 9.20. The Morgan fingerprint density at radius 1 is 0.675 bits per heavy atom. The number of nitro groups is 2. The maximum Gasteiger partial charge on any atom is 0.289 e. The van der Waals surface area contributed by atoms with E-state index in [0.717, 1.165) is 24.3 Å². The summed E-state index contributed by atoms with van der Waals surface area (Å²) < 4.78 is 57.8. The molecule has 18 heteroatoms. The molecule has 0 saturated carbocycles. The van der Waals surface area contributed by atoms with Crippen LogP contribution in [0.3, 0.4) is 0 Å². The summed E-state index contributed by atoms with van der Waals surface area (Å²) in [5.41, 5.74) is -0.0401. The monoisotopic (exact) mass is 750 g/mol. The van der Waals surface area contributed by atoms with E-state index in [1.165, 1.54) is 46.9 Å². The molecule has 0 fully saturated rings. The second-order valence-corrected chi connectivity index (χ2v) is 16.2. The largest absolute Gasteiger partial charge is 0.289 e. The molecule has 2 N–H and O–H groups in total. The van der Waals surface area contributed by atoms with Crippen molar-refractivity contribution in [2.24, 2.45) is 0 Å². The van der Waals surface area contributed by atoms with Gasteiger partial charge in [-0.3, -0.25) is 20.2 Å². The van der Waals surface area contributed by atoms with Gasteiger partial charge in [0.25, 0.3) is 11.4 Å². The normalized spacial score (nSPS) is 11.9. The molecule has 0 bridgehead atoms. The smallest absolute Gasteiger partial charge is 0.258 e. The predicted octanol–water partition coefficient (Wildman–Crippen LogP) is 5.78. The van der Waals surface area contributed by atoms with Crippen LogP contribution in [0.4, 0.5) is 11.4 Å². The number of hydrogen-bond acceptors (Lipinski definition) is 10. The van der Waals surface area contributed by atoms with E-state index < -0.39 is 51.1 Å². The Labute approximate surface area is 252 Å². The zero-order valence-corrected chi connectivity index (χ0v) is 26.2. The van der Waals surface area contributed by atoms with Gasteiger partial charge in [0.05, 0.1) is 27.2 Å². The van der Waals surface area contributed by atoms with Crippen LogP contribution >= 0.6 is 54.5 Å². The maximum absolute atomic E-state index is 12.9. The molecule has 2 heterocycles. The Morgan fingerprint density at radius 2 is 1.02 bits per heavy atom. The van der Waals surface area contributed by atoms with Crippen LogP contribution < -0.4 is 9.44 Å². The number of nitrogens with one attached hydrogen (secondary N) is 2. The number of nitrogens with zero attached hydrogens (tertiary/aromatic N) is 2. The van der Waals surface area contributed by atoms with Crippen molar-refractivity contribution in [3.8, 4) is 9.75 Å². The molecule has 0 aliphatic heterocycles. The summed E-state index contributed by atoms with van der Waals surface area (Å²) >= 11 is 9.36. The zero-order valence-electron chi connectivity index (χ0n) is 19.7. The maximum atomic E-state index is 12.9. The molecule has 0 saturated heterocycles. The van der Waals surface area contributed by atoms with Crippen LogP contribution in [0.5, 0.6) is 0 Å². The number of sulfonamides is 2. The van der Waals surface area contributed by atoms with Crippen LogP contribution in [-0.4, -0.2) is 26.7 Å². The lowest BCUT2D eigenvalue weighted by Gasteiger charge is -2.10. The average molecular weight is 752 g/mol. The number of nitro benzene ring substituents is 2. The molecule has 40 heavy (non-hydrogen) atoms. The number of halogens is 2. The number of para-hydroxylation sites is 2. The van der Waals surface area contributed by atoms with Crippen molar-refractivity contribution in [2.45, 2.75) is 22.9 Å². The highest BCUT2D eigenvalue weighted by Crippen LogP contribution is 2.43. The molecule has 2 aromatic carbocycles. The second-order valence-electron chi connectivity index (χ2n) is 7.91. The number of hydrogen-bond donors (Lipinski definition) is 2. The molecule has 0 spiro atoms. The van der Waals surface area contributed by atoms with Gasteiger partial charge in [-0.25, -0.2) is 26.3 Å². The second kappa shape index (κ2) is 12.1. The Bertz CT molecular complexity index is 1700. The van der Waals surface area contributed by atoms with Gasteiger partial charge in [-0.15, -0.1) is 22.7 Å². The van der Waals surface area contributed by atoms with E-state index in [2.05, 4.69) is 41.3 Å². The van der Waals surface area contributed by atoms with Gasteiger partial charge in [0.1, 0.15) is 0 Å².